The van der Waals surface area contributed by atoms with Crippen molar-refractivity contribution >= 4 is 5.91 Å². The van der Waals surface area contributed by atoms with Crippen LogP contribution >= 0.6 is 0 Å². The Labute approximate surface area is 134 Å². The number of methoxy groups -OCH3 is 1. The molecule has 0 spiro atoms. The predicted octanol–water partition coefficient (Wildman–Crippen LogP) is 0.793. The molecule has 2 aromatic rings. The summed E-state index contributed by atoms with van der Waals surface area (Å²) >= 11 is 0. The number of benzene rings is 1. The van der Waals surface area contributed by atoms with Gasteiger partial charge < -0.3 is 19.9 Å². The molecule has 0 saturated heterocycles. The lowest BCUT2D eigenvalue weighted by atomic mass is 10.2. The maximum atomic E-state index is 11.7. The minimum absolute atomic E-state index is 0.0814. The van der Waals surface area contributed by atoms with Gasteiger partial charge in [0, 0.05) is 18.9 Å². The first kappa shape index (κ1) is 16.9. The molecule has 0 aliphatic carbocycles. The Morgan fingerprint density at radius 2 is 2.09 bits per heavy atom. The van der Waals surface area contributed by atoms with Crippen LogP contribution in [0.15, 0.2) is 42.9 Å². The van der Waals surface area contributed by atoms with Gasteiger partial charge in [-0.3, -0.25) is 9.78 Å². The van der Waals surface area contributed by atoms with Crippen molar-refractivity contribution < 1.29 is 19.4 Å². The van der Waals surface area contributed by atoms with E-state index >= 15 is 0 Å². The van der Waals surface area contributed by atoms with Crippen molar-refractivity contribution in [2.45, 2.75) is 12.7 Å². The van der Waals surface area contributed by atoms with E-state index in [2.05, 4.69) is 15.3 Å². The van der Waals surface area contributed by atoms with Gasteiger partial charge in [0.25, 0.3) is 5.91 Å². The van der Waals surface area contributed by atoms with E-state index in [1.165, 1.54) is 18.6 Å². The number of carbonyl (C=O) groups is 1. The molecule has 1 heterocycles. The highest BCUT2D eigenvalue weighted by Gasteiger charge is 2.10. The number of ether oxygens (including phenoxy) is 2. The van der Waals surface area contributed by atoms with Crippen LogP contribution < -0.4 is 10.1 Å². The smallest absolute Gasteiger partial charge is 0.271 e. The fraction of sp³-hybridized carbons (Fsp3) is 0.312. The lowest BCUT2D eigenvalue weighted by Gasteiger charge is -2.12. The molecule has 0 aliphatic rings. The fourth-order valence-corrected chi connectivity index (χ4v) is 1.81. The standard InChI is InChI=1S/C16H19N3O4/c1-22-14-4-2-12(3-5-14)10-23-11-13(20)8-19-16(21)15-9-17-6-7-18-15/h2-7,9,13,20H,8,10-11H2,1H3,(H,19,21). The third kappa shape index (κ3) is 5.65. The van der Waals surface area contributed by atoms with Gasteiger partial charge in [-0.2, -0.15) is 0 Å². The average Bonchev–Trinajstić information content (AvgIpc) is 2.61. The minimum Gasteiger partial charge on any atom is -0.497 e. The van der Waals surface area contributed by atoms with Gasteiger partial charge in [0.1, 0.15) is 11.4 Å². The second-order valence-electron chi connectivity index (χ2n) is 4.82. The number of aliphatic hydroxyl groups excluding tert-OH is 1. The Morgan fingerprint density at radius 1 is 1.30 bits per heavy atom. The number of amides is 1. The second-order valence-corrected chi connectivity index (χ2v) is 4.82. The number of nitrogens with one attached hydrogen (secondary N) is 1. The first-order chi connectivity index (χ1) is 11.2. The topological polar surface area (TPSA) is 93.6 Å². The molecular formula is C16H19N3O4. The summed E-state index contributed by atoms with van der Waals surface area (Å²) in [6.07, 6.45) is 3.48. The Kier molecular flexibility index (Phi) is 6.46. The van der Waals surface area contributed by atoms with Gasteiger partial charge in [0.05, 0.1) is 32.6 Å². The van der Waals surface area contributed by atoms with Gasteiger partial charge in [-0.15, -0.1) is 0 Å². The van der Waals surface area contributed by atoms with E-state index in [9.17, 15) is 9.90 Å². The van der Waals surface area contributed by atoms with E-state index in [0.29, 0.717) is 6.61 Å². The predicted molar refractivity (Wildman–Crippen MR) is 83.0 cm³/mol. The zero-order valence-corrected chi connectivity index (χ0v) is 12.8. The number of aliphatic hydroxyl groups is 1. The molecule has 2 rings (SSSR count). The van der Waals surface area contributed by atoms with Gasteiger partial charge in [0.2, 0.25) is 0 Å². The van der Waals surface area contributed by atoms with Crippen molar-refractivity contribution in [1.29, 1.82) is 0 Å². The molecule has 1 aromatic carbocycles. The quantitative estimate of drug-likeness (QED) is 0.748. The van der Waals surface area contributed by atoms with Crippen LogP contribution in [0, 0.1) is 0 Å². The number of hydrogen-bond donors (Lipinski definition) is 2. The maximum absolute atomic E-state index is 11.7. The fourth-order valence-electron chi connectivity index (χ4n) is 1.81. The van der Waals surface area contributed by atoms with Gasteiger partial charge in [-0.05, 0) is 17.7 Å². The van der Waals surface area contributed by atoms with Gasteiger partial charge in [-0.1, -0.05) is 12.1 Å². The van der Waals surface area contributed by atoms with Crippen molar-refractivity contribution in [2.24, 2.45) is 0 Å². The van der Waals surface area contributed by atoms with Gasteiger partial charge >= 0.3 is 0 Å². The van der Waals surface area contributed by atoms with Crippen molar-refractivity contribution in [2.75, 3.05) is 20.3 Å². The molecule has 7 heteroatoms. The van der Waals surface area contributed by atoms with Crippen molar-refractivity contribution in [3.63, 3.8) is 0 Å². The van der Waals surface area contributed by atoms with Crippen LogP contribution in [0.2, 0.25) is 0 Å². The summed E-state index contributed by atoms with van der Waals surface area (Å²) in [6, 6.07) is 7.47. The highest BCUT2D eigenvalue weighted by atomic mass is 16.5. The Bertz CT molecular complexity index is 604. The monoisotopic (exact) mass is 317 g/mol. The molecule has 0 aliphatic heterocycles. The van der Waals surface area contributed by atoms with Crippen LogP contribution in [0.5, 0.6) is 5.75 Å². The SMILES string of the molecule is COc1ccc(COCC(O)CNC(=O)c2cnccn2)cc1. The highest BCUT2D eigenvalue weighted by molar-refractivity contribution is 5.91. The lowest BCUT2D eigenvalue weighted by Crippen LogP contribution is -2.35. The van der Waals surface area contributed by atoms with Crippen LogP contribution in [-0.4, -0.2) is 47.3 Å². The minimum atomic E-state index is -0.797. The maximum Gasteiger partial charge on any atom is 0.271 e. The molecule has 2 N–H and O–H groups in total. The van der Waals surface area contributed by atoms with Crippen LogP contribution in [0.4, 0.5) is 0 Å². The highest BCUT2D eigenvalue weighted by Crippen LogP contribution is 2.11. The molecule has 0 bridgehead atoms. The van der Waals surface area contributed by atoms with Crippen molar-refractivity contribution in [1.82, 2.24) is 15.3 Å². The van der Waals surface area contributed by atoms with Crippen LogP contribution in [0.1, 0.15) is 16.1 Å². The third-order valence-electron chi connectivity index (χ3n) is 3.03. The van der Waals surface area contributed by atoms with Crippen LogP contribution in [0.3, 0.4) is 0 Å². The number of aromatic nitrogens is 2. The van der Waals surface area contributed by atoms with Gasteiger partial charge in [0.15, 0.2) is 0 Å². The molecule has 23 heavy (non-hydrogen) atoms. The normalized spacial score (nSPS) is 11.7. The van der Waals surface area contributed by atoms with E-state index in [-0.39, 0.29) is 24.8 Å². The number of nitrogens with zero attached hydrogens (tertiary/aromatic N) is 2. The van der Waals surface area contributed by atoms with E-state index in [4.69, 9.17) is 9.47 Å². The average molecular weight is 317 g/mol. The van der Waals surface area contributed by atoms with E-state index in [1.54, 1.807) is 7.11 Å². The summed E-state index contributed by atoms with van der Waals surface area (Å²) in [5.41, 5.74) is 1.18. The zero-order valence-electron chi connectivity index (χ0n) is 12.8. The summed E-state index contributed by atoms with van der Waals surface area (Å²) in [6.45, 7) is 0.573. The molecule has 1 aromatic heterocycles. The number of hydrogen-bond acceptors (Lipinski definition) is 6. The Hall–Kier alpha value is -2.51. The van der Waals surface area contributed by atoms with Crippen LogP contribution in [-0.2, 0) is 11.3 Å². The molecule has 1 atom stereocenters. The molecule has 1 unspecified atom stereocenters. The summed E-state index contributed by atoms with van der Waals surface area (Å²) in [5, 5.41) is 12.4. The molecule has 0 fully saturated rings. The van der Waals surface area contributed by atoms with Gasteiger partial charge in [-0.25, -0.2) is 4.98 Å². The second kappa shape index (κ2) is 8.82. The summed E-state index contributed by atoms with van der Waals surface area (Å²) in [4.78, 5) is 19.4. The molecular weight excluding hydrogens is 298 g/mol. The first-order valence-electron chi connectivity index (χ1n) is 7.12. The zero-order chi connectivity index (χ0) is 16.5. The summed E-state index contributed by atoms with van der Waals surface area (Å²) in [7, 11) is 1.61. The Morgan fingerprint density at radius 3 is 2.74 bits per heavy atom. The van der Waals surface area contributed by atoms with Crippen LogP contribution in [0.25, 0.3) is 0 Å². The van der Waals surface area contributed by atoms with E-state index < -0.39 is 6.10 Å². The molecule has 1 amide bonds. The summed E-state index contributed by atoms with van der Waals surface area (Å²) < 4.78 is 10.5. The van der Waals surface area contributed by atoms with E-state index in [1.807, 2.05) is 24.3 Å². The lowest BCUT2D eigenvalue weighted by molar-refractivity contribution is 0.0284. The molecule has 122 valence electrons. The first-order valence-corrected chi connectivity index (χ1v) is 7.12. The number of rotatable bonds is 8. The van der Waals surface area contributed by atoms with E-state index in [0.717, 1.165) is 11.3 Å². The third-order valence-corrected chi connectivity index (χ3v) is 3.03. The molecule has 0 saturated carbocycles. The largest absolute Gasteiger partial charge is 0.497 e. The molecule has 7 nitrogen and oxygen atoms in total. The van der Waals surface area contributed by atoms with Crippen molar-refractivity contribution in [3.8, 4) is 5.75 Å². The Balaban J connectivity index is 1.66. The van der Waals surface area contributed by atoms with Crippen molar-refractivity contribution in [3.05, 3.63) is 54.1 Å². The summed E-state index contributed by atoms with van der Waals surface area (Å²) in [5.74, 6) is 0.396. The number of carbonyl (C=O) groups excluding carboxylic acids is 1. The molecule has 0 radical (unpaired) electrons.